The number of halogens is 1. The predicted molar refractivity (Wildman–Crippen MR) is 139 cm³/mol. The van der Waals surface area contributed by atoms with Crippen molar-refractivity contribution in [2.45, 2.75) is 33.2 Å². The summed E-state index contributed by atoms with van der Waals surface area (Å²) in [6.45, 7) is 10.1. The molecule has 0 saturated carbocycles. The number of anilines is 1. The van der Waals surface area contributed by atoms with Crippen molar-refractivity contribution in [2.75, 3.05) is 11.6 Å². The Bertz CT molecular complexity index is 1430. The zero-order valence-corrected chi connectivity index (χ0v) is 21.1. The number of sulfonamides is 1. The number of carbonyl (C=O) groups is 1. The summed E-state index contributed by atoms with van der Waals surface area (Å²) in [6, 6.07) is 19.2. The van der Waals surface area contributed by atoms with Crippen LogP contribution in [0.3, 0.4) is 0 Å². The number of fused-ring (bicyclic) bond motifs is 1. The molecule has 0 spiro atoms. The number of allylic oxidation sites excluding steroid dienone is 1. The molecule has 0 saturated heterocycles. The second-order valence-corrected chi connectivity index (χ2v) is 11.6. The van der Waals surface area contributed by atoms with Crippen LogP contribution in [0.25, 0.3) is 16.7 Å². The molecule has 2 N–H and O–H groups in total. The zero-order chi connectivity index (χ0) is 25.5. The van der Waals surface area contributed by atoms with Crippen molar-refractivity contribution in [2.24, 2.45) is 5.41 Å². The van der Waals surface area contributed by atoms with E-state index in [0.29, 0.717) is 17.7 Å². The summed E-state index contributed by atoms with van der Waals surface area (Å²) in [6.07, 6.45) is 1.26. The topological polar surface area (TPSA) is 75.3 Å². The molecule has 3 aromatic carbocycles. The SMILES string of the molecule is C=C(C)c1ccc(-c2cccc(C3Nc4ccc(F)c(C(=O)NS(C)(=O)=O)c4CC3(C)C)c2)cc1. The molecule has 3 aromatic rings. The van der Waals surface area contributed by atoms with Crippen LogP contribution in [0.5, 0.6) is 0 Å². The minimum absolute atomic E-state index is 0.110. The summed E-state index contributed by atoms with van der Waals surface area (Å²) in [5, 5.41) is 3.48. The van der Waals surface area contributed by atoms with Gasteiger partial charge in [0, 0.05) is 5.69 Å². The third kappa shape index (κ3) is 5.15. The average Bonchev–Trinajstić information content (AvgIpc) is 2.77. The van der Waals surface area contributed by atoms with E-state index in [9.17, 15) is 17.6 Å². The van der Waals surface area contributed by atoms with Crippen molar-refractivity contribution < 1.29 is 17.6 Å². The normalized spacial score (nSPS) is 16.7. The second-order valence-electron chi connectivity index (χ2n) is 9.88. The van der Waals surface area contributed by atoms with Crippen LogP contribution in [0.15, 0.2) is 67.2 Å². The van der Waals surface area contributed by atoms with Gasteiger partial charge in [-0.2, -0.15) is 0 Å². The Kier molecular flexibility index (Phi) is 6.32. The molecule has 1 atom stereocenters. The zero-order valence-electron chi connectivity index (χ0n) is 20.3. The van der Waals surface area contributed by atoms with E-state index in [1.807, 2.05) is 31.6 Å². The van der Waals surface area contributed by atoms with Gasteiger partial charge in [0.2, 0.25) is 10.0 Å². The van der Waals surface area contributed by atoms with Crippen molar-refractivity contribution in [1.82, 2.24) is 4.72 Å². The minimum atomic E-state index is -3.83. The highest BCUT2D eigenvalue weighted by atomic mass is 32.2. The van der Waals surface area contributed by atoms with Crippen molar-refractivity contribution >= 4 is 27.2 Å². The van der Waals surface area contributed by atoms with Gasteiger partial charge in [-0.1, -0.05) is 68.5 Å². The van der Waals surface area contributed by atoms with E-state index in [2.05, 4.69) is 54.4 Å². The van der Waals surface area contributed by atoms with Crippen molar-refractivity contribution in [3.8, 4) is 11.1 Å². The molecule has 5 nitrogen and oxygen atoms in total. The number of nitrogens with one attached hydrogen (secondary N) is 2. The Morgan fingerprint density at radius 2 is 1.77 bits per heavy atom. The molecule has 0 fully saturated rings. The van der Waals surface area contributed by atoms with Crippen molar-refractivity contribution in [3.05, 3.63) is 95.3 Å². The molecule has 1 heterocycles. The van der Waals surface area contributed by atoms with Gasteiger partial charge in [-0.15, -0.1) is 0 Å². The third-order valence-electron chi connectivity index (χ3n) is 6.41. The molecule has 4 rings (SSSR count). The second kappa shape index (κ2) is 8.96. The highest BCUT2D eigenvalue weighted by Gasteiger charge is 2.38. The van der Waals surface area contributed by atoms with Gasteiger partial charge < -0.3 is 5.32 Å². The van der Waals surface area contributed by atoms with Gasteiger partial charge in [-0.25, -0.2) is 17.5 Å². The van der Waals surface area contributed by atoms with Crippen LogP contribution in [-0.4, -0.2) is 20.6 Å². The Morgan fingerprint density at radius 3 is 2.40 bits per heavy atom. The number of hydrogen-bond donors (Lipinski definition) is 2. The van der Waals surface area contributed by atoms with E-state index in [-0.39, 0.29) is 11.6 Å². The molecule has 1 aliphatic rings. The van der Waals surface area contributed by atoms with Crippen molar-refractivity contribution in [1.29, 1.82) is 0 Å². The van der Waals surface area contributed by atoms with E-state index in [1.165, 1.54) is 6.07 Å². The minimum Gasteiger partial charge on any atom is -0.377 e. The molecule has 7 heteroatoms. The first-order chi connectivity index (χ1) is 16.4. The van der Waals surface area contributed by atoms with Gasteiger partial charge in [-0.05, 0) is 64.8 Å². The lowest BCUT2D eigenvalue weighted by atomic mass is 9.71. The molecule has 0 radical (unpaired) electrons. The standard InChI is InChI=1S/C28H29FN2O3S/c1-17(2)18-9-11-19(12-10-18)20-7-6-8-21(15-20)26-28(3,4)16-22-24(30-26)14-13-23(29)25(22)27(32)31-35(5,33)34/h6-15,26,30H,1,16H2,2-5H3,(H,31,32). The molecule has 0 aromatic heterocycles. The number of rotatable bonds is 5. The van der Waals surface area contributed by atoms with E-state index in [0.717, 1.165) is 34.1 Å². The number of benzene rings is 3. The Labute approximate surface area is 206 Å². The van der Waals surface area contributed by atoms with E-state index in [1.54, 1.807) is 6.07 Å². The molecule has 1 amide bonds. The number of amides is 1. The van der Waals surface area contributed by atoms with E-state index < -0.39 is 27.2 Å². The largest absolute Gasteiger partial charge is 0.377 e. The molecular weight excluding hydrogens is 463 g/mol. The molecule has 0 aliphatic carbocycles. The summed E-state index contributed by atoms with van der Waals surface area (Å²) in [4.78, 5) is 12.6. The lowest BCUT2D eigenvalue weighted by molar-refractivity contribution is 0.0976. The average molecular weight is 493 g/mol. The smallest absolute Gasteiger partial charge is 0.268 e. The summed E-state index contributed by atoms with van der Waals surface area (Å²) in [5.41, 5.74) is 5.79. The van der Waals surface area contributed by atoms with E-state index in [4.69, 9.17) is 0 Å². The predicted octanol–water partition coefficient (Wildman–Crippen LogP) is 5.95. The van der Waals surface area contributed by atoms with Crippen LogP contribution in [0.4, 0.5) is 10.1 Å². The lowest BCUT2D eigenvalue weighted by Gasteiger charge is -2.42. The van der Waals surface area contributed by atoms with E-state index >= 15 is 0 Å². The maximum absolute atomic E-state index is 14.7. The third-order valence-corrected chi connectivity index (χ3v) is 6.97. The van der Waals surface area contributed by atoms with Crippen LogP contribution in [0, 0.1) is 11.2 Å². The number of hydrogen-bond acceptors (Lipinski definition) is 4. The lowest BCUT2D eigenvalue weighted by Crippen LogP contribution is -2.38. The molecule has 35 heavy (non-hydrogen) atoms. The fourth-order valence-corrected chi connectivity index (χ4v) is 5.13. The quantitative estimate of drug-likeness (QED) is 0.461. The van der Waals surface area contributed by atoms with Crippen LogP contribution in [0.1, 0.15) is 53.9 Å². The molecule has 1 aliphatic heterocycles. The summed E-state index contributed by atoms with van der Waals surface area (Å²) >= 11 is 0. The van der Waals surface area contributed by atoms with Crippen LogP contribution >= 0.6 is 0 Å². The summed E-state index contributed by atoms with van der Waals surface area (Å²) in [7, 11) is -3.83. The fraction of sp³-hybridized carbons (Fsp3) is 0.250. The van der Waals surface area contributed by atoms with Gasteiger partial charge in [0.1, 0.15) is 5.82 Å². The van der Waals surface area contributed by atoms with Crippen LogP contribution in [-0.2, 0) is 16.4 Å². The number of carbonyl (C=O) groups excluding carboxylic acids is 1. The van der Waals surface area contributed by atoms with Gasteiger partial charge in [-0.3, -0.25) is 4.79 Å². The van der Waals surface area contributed by atoms with Gasteiger partial charge in [0.05, 0.1) is 17.9 Å². The molecule has 182 valence electrons. The first-order valence-electron chi connectivity index (χ1n) is 11.3. The first-order valence-corrected chi connectivity index (χ1v) is 13.2. The van der Waals surface area contributed by atoms with Gasteiger partial charge in [0.25, 0.3) is 5.91 Å². The fourth-order valence-electron chi connectivity index (χ4n) is 4.69. The van der Waals surface area contributed by atoms with Crippen LogP contribution < -0.4 is 10.0 Å². The Balaban J connectivity index is 1.71. The Hall–Kier alpha value is -3.45. The maximum atomic E-state index is 14.7. The summed E-state index contributed by atoms with van der Waals surface area (Å²) < 4.78 is 39.8. The van der Waals surface area contributed by atoms with Gasteiger partial charge >= 0.3 is 0 Å². The monoisotopic (exact) mass is 492 g/mol. The summed E-state index contributed by atoms with van der Waals surface area (Å²) in [5.74, 6) is -1.71. The van der Waals surface area contributed by atoms with Gasteiger partial charge in [0.15, 0.2) is 0 Å². The first kappa shape index (κ1) is 24.7. The maximum Gasteiger partial charge on any atom is 0.268 e. The Morgan fingerprint density at radius 1 is 1.09 bits per heavy atom. The highest BCUT2D eigenvalue weighted by Crippen LogP contribution is 2.46. The van der Waals surface area contributed by atoms with Crippen molar-refractivity contribution in [3.63, 3.8) is 0 Å². The molecule has 0 bridgehead atoms. The molecular formula is C28H29FN2O3S. The highest BCUT2D eigenvalue weighted by molar-refractivity contribution is 7.89. The van der Waals surface area contributed by atoms with Crippen LogP contribution in [0.2, 0.25) is 0 Å². The molecule has 1 unspecified atom stereocenters.